The lowest BCUT2D eigenvalue weighted by Gasteiger charge is -2.22. The number of nitrogens with zero attached hydrogens (tertiary/aromatic N) is 2. The second-order valence-electron chi connectivity index (χ2n) is 3.34. The van der Waals surface area contributed by atoms with Crippen molar-refractivity contribution in [2.75, 3.05) is 32.1 Å². The topological polar surface area (TPSA) is 23.6 Å². The van der Waals surface area contributed by atoms with Gasteiger partial charge < -0.3 is 4.90 Å². The van der Waals surface area contributed by atoms with E-state index in [1.165, 1.54) is 37.7 Å². The van der Waals surface area contributed by atoms with Crippen LogP contribution in [0.25, 0.3) is 0 Å². The molecule has 0 radical (unpaired) electrons. The predicted octanol–water partition coefficient (Wildman–Crippen LogP) is 1.21. The van der Waals surface area contributed by atoms with E-state index in [0.717, 1.165) is 19.0 Å². The third-order valence-electron chi connectivity index (χ3n) is 2.41. The molecule has 2 saturated heterocycles. The number of carbonyl (C=O) groups is 1. The SMILES string of the molecule is O=C1SCCN1CN1CCCC1. The smallest absolute Gasteiger partial charge is 0.282 e. The summed E-state index contributed by atoms with van der Waals surface area (Å²) in [6, 6.07) is 0. The van der Waals surface area contributed by atoms with Gasteiger partial charge in [0.15, 0.2) is 0 Å². The minimum atomic E-state index is 0.266. The van der Waals surface area contributed by atoms with Crippen molar-refractivity contribution in [2.45, 2.75) is 12.8 Å². The zero-order valence-electron chi connectivity index (χ0n) is 7.16. The summed E-state index contributed by atoms with van der Waals surface area (Å²) in [6.07, 6.45) is 2.60. The predicted molar refractivity (Wildman–Crippen MR) is 50.2 cm³/mol. The molecule has 0 aromatic heterocycles. The van der Waals surface area contributed by atoms with Crippen LogP contribution in [0.2, 0.25) is 0 Å². The third kappa shape index (κ3) is 1.75. The summed E-state index contributed by atoms with van der Waals surface area (Å²) in [5.41, 5.74) is 0. The highest BCUT2D eigenvalue weighted by Gasteiger charge is 2.23. The first-order chi connectivity index (χ1) is 5.86. The zero-order valence-corrected chi connectivity index (χ0v) is 7.98. The Morgan fingerprint density at radius 2 is 2.00 bits per heavy atom. The molecule has 0 bridgehead atoms. The lowest BCUT2D eigenvalue weighted by molar-refractivity contribution is 0.182. The van der Waals surface area contributed by atoms with Gasteiger partial charge in [-0.1, -0.05) is 11.8 Å². The van der Waals surface area contributed by atoms with Gasteiger partial charge in [0.05, 0.1) is 6.67 Å². The molecule has 0 saturated carbocycles. The van der Waals surface area contributed by atoms with Crippen LogP contribution in [0.1, 0.15) is 12.8 Å². The molecule has 1 amide bonds. The molecule has 0 unspecified atom stereocenters. The fraction of sp³-hybridized carbons (Fsp3) is 0.875. The number of carbonyl (C=O) groups excluding carboxylic acids is 1. The van der Waals surface area contributed by atoms with E-state index in [1.54, 1.807) is 0 Å². The molecule has 4 heteroatoms. The lowest BCUT2D eigenvalue weighted by Crippen LogP contribution is -2.36. The van der Waals surface area contributed by atoms with E-state index in [0.29, 0.717) is 0 Å². The minimum absolute atomic E-state index is 0.266. The van der Waals surface area contributed by atoms with Crippen LogP contribution in [0.3, 0.4) is 0 Å². The molecule has 2 aliphatic heterocycles. The summed E-state index contributed by atoms with van der Waals surface area (Å²) in [5, 5.41) is 0.266. The van der Waals surface area contributed by atoms with E-state index >= 15 is 0 Å². The Hall–Kier alpha value is -0.220. The third-order valence-corrected chi connectivity index (χ3v) is 3.31. The standard InChI is InChI=1S/C8H14N2OS/c11-8-10(5-6-12-8)7-9-3-1-2-4-9/h1-7H2. The van der Waals surface area contributed by atoms with E-state index in [-0.39, 0.29) is 5.24 Å². The van der Waals surface area contributed by atoms with E-state index in [9.17, 15) is 4.79 Å². The average molecular weight is 186 g/mol. The number of thioether (sulfide) groups is 1. The molecule has 0 spiro atoms. The lowest BCUT2D eigenvalue weighted by atomic mass is 10.4. The Balaban J connectivity index is 1.81. The first-order valence-corrected chi connectivity index (χ1v) is 5.49. The van der Waals surface area contributed by atoms with Crippen LogP contribution in [0.4, 0.5) is 4.79 Å². The largest absolute Gasteiger partial charge is 0.320 e. The minimum Gasteiger partial charge on any atom is -0.320 e. The van der Waals surface area contributed by atoms with Crippen LogP contribution in [0.5, 0.6) is 0 Å². The molecule has 0 aromatic carbocycles. The number of hydrogen-bond acceptors (Lipinski definition) is 3. The summed E-state index contributed by atoms with van der Waals surface area (Å²) in [7, 11) is 0. The fourth-order valence-electron chi connectivity index (χ4n) is 1.72. The molecular weight excluding hydrogens is 172 g/mol. The van der Waals surface area contributed by atoms with Crippen molar-refractivity contribution in [3.63, 3.8) is 0 Å². The molecule has 0 N–H and O–H groups in total. The van der Waals surface area contributed by atoms with Crippen LogP contribution < -0.4 is 0 Å². The van der Waals surface area contributed by atoms with Crippen molar-refractivity contribution in [1.82, 2.24) is 9.80 Å². The van der Waals surface area contributed by atoms with Crippen molar-refractivity contribution in [3.8, 4) is 0 Å². The number of hydrogen-bond donors (Lipinski definition) is 0. The molecule has 0 aliphatic carbocycles. The van der Waals surface area contributed by atoms with Gasteiger partial charge >= 0.3 is 0 Å². The highest BCUT2D eigenvalue weighted by molar-refractivity contribution is 8.13. The molecule has 12 heavy (non-hydrogen) atoms. The molecule has 2 fully saturated rings. The van der Waals surface area contributed by atoms with Gasteiger partial charge in [-0.15, -0.1) is 0 Å². The van der Waals surface area contributed by atoms with E-state index in [1.807, 2.05) is 4.90 Å². The Morgan fingerprint density at radius 3 is 2.58 bits per heavy atom. The zero-order chi connectivity index (χ0) is 8.39. The molecule has 2 rings (SSSR count). The number of amides is 1. The van der Waals surface area contributed by atoms with Crippen molar-refractivity contribution in [1.29, 1.82) is 0 Å². The van der Waals surface area contributed by atoms with Crippen molar-refractivity contribution in [2.24, 2.45) is 0 Å². The fourth-order valence-corrected chi connectivity index (χ4v) is 2.54. The van der Waals surface area contributed by atoms with Gasteiger partial charge in [-0.2, -0.15) is 0 Å². The monoisotopic (exact) mass is 186 g/mol. The first kappa shape index (κ1) is 8.38. The van der Waals surface area contributed by atoms with Crippen molar-refractivity contribution >= 4 is 17.0 Å². The summed E-state index contributed by atoms with van der Waals surface area (Å²) < 4.78 is 0. The molecule has 68 valence electrons. The molecule has 2 heterocycles. The summed E-state index contributed by atoms with van der Waals surface area (Å²) in [4.78, 5) is 15.5. The highest BCUT2D eigenvalue weighted by atomic mass is 32.2. The van der Waals surface area contributed by atoms with Gasteiger partial charge in [0.1, 0.15) is 0 Å². The van der Waals surface area contributed by atoms with Crippen LogP contribution in [-0.2, 0) is 0 Å². The maximum absolute atomic E-state index is 11.2. The quantitative estimate of drug-likeness (QED) is 0.647. The number of rotatable bonds is 2. The second-order valence-corrected chi connectivity index (χ2v) is 4.39. The first-order valence-electron chi connectivity index (χ1n) is 4.50. The number of likely N-dealkylation sites (tertiary alicyclic amines) is 1. The summed E-state index contributed by atoms with van der Waals surface area (Å²) in [6.45, 7) is 4.16. The maximum Gasteiger partial charge on any atom is 0.282 e. The Kier molecular flexibility index (Phi) is 2.56. The van der Waals surface area contributed by atoms with E-state index in [4.69, 9.17) is 0 Å². The van der Waals surface area contributed by atoms with E-state index < -0.39 is 0 Å². The van der Waals surface area contributed by atoms with Crippen LogP contribution >= 0.6 is 11.8 Å². The molecule has 3 nitrogen and oxygen atoms in total. The van der Waals surface area contributed by atoms with Gasteiger partial charge in [-0.05, 0) is 25.9 Å². The van der Waals surface area contributed by atoms with Crippen molar-refractivity contribution in [3.05, 3.63) is 0 Å². The maximum atomic E-state index is 11.2. The van der Waals surface area contributed by atoms with Gasteiger partial charge in [0.25, 0.3) is 5.24 Å². The Morgan fingerprint density at radius 1 is 1.25 bits per heavy atom. The van der Waals surface area contributed by atoms with Crippen LogP contribution in [-0.4, -0.2) is 47.1 Å². The van der Waals surface area contributed by atoms with Crippen LogP contribution in [0, 0.1) is 0 Å². The van der Waals surface area contributed by atoms with Crippen molar-refractivity contribution < 1.29 is 4.79 Å². The molecule has 0 aromatic rings. The summed E-state index contributed by atoms with van der Waals surface area (Å²) in [5.74, 6) is 0.979. The van der Waals surface area contributed by atoms with Gasteiger partial charge in [-0.25, -0.2) is 0 Å². The van der Waals surface area contributed by atoms with Gasteiger partial charge in [-0.3, -0.25) is 9.69 Å². The average Bonchev–Trinajstić information content (AvgIpc) is 2.65. The molecule has 0 atom stereocenters. The Bertz CT molecular complexity index is 180. The van der Waals surface area contributed by atoms with Gasteiger partial charge in [0, 0.05) is 12.3 Å². The molecular formula is C8H14N2OS. The van der Waals surface area contributed by atoms with Gasteiger partial charge in [0.2, 0.25) is 0 Å². The summed E-state index contributed by atoms with van der Waals surface area (Å²) >= 11 is 1.45. The highest BCUT2D eigenvalue weighted by Crippen LogP contribution is 2.18. The van der Waals surface area contributed by atoms with Crippen LogP contribution in [0.15, 0.2) is 0 Å². The second kappa shape index (κ2) is 3.66. The normalized spacial score (nSPS) is 25.7. The Labute approximate surface area is 77.1 Å². The van der Waals surface area contributed by atoms with E-state index in [2.05, 4.69) is 4.90 Å². The molecule has 2 aliphatic rings.